The van der Waals surface area contributed by atoms with Crippen molar-refractivity contribution in [1.82, 2.24) is 15.0 Å². The molecule has 0 unspecified atom stereocenters. The van der Waals surface area contributed by atoms with Crippen LogP contribution in [-0.2, 0) is 22.2 Å². The summed E-state index contributed by atoms with van der Waals surface area (Å²) in [5, 5.41) is -0.102. The largest absolute Gasteiger partial charge is 0.480 e. The van der Waals surface area contributed by atoms with Crippen LogP contribution >= 0.6 is 33.9 Å². The Labute approximate surface area is 175 Å². The summed E-state index contributed by atoms with van der Waals surface area (Å²) in [6, 6.07) is 0. The molecule has 2 aromatic heterocycles. The Hall–Kier alpha value is -1.76. The Kier molecular flexibility index (Phi) is 6.34. The topological polar surface area (TPSA) is 111 Å². The predicted molar refractivity (Wildman–Crippen MR) is 94.5 cm³/mol. The van der Waals surface area contributed by atoms with Crippen LogP contribution in [0.5, 0.6) is 5.88 Å². The third-order valence-electron chi connectivity index (χ3n) is 2.95. The van der Waals surface area contributed by atoms with E-state index in [-0.39, 0.29) is 2.88 Å². The van der Waals surface area contributed by atoms with Gasteiger partial charge in [0.25, 0.3) is 11.1 Å². The summed E-state index contributed by atoms with van der Waals surface area (Å²) < 4.78 is 106. The normalized spacial score (nSPS) is 12.7. The van der Waals surface area contributed by atoms with E-state index >= 15 is 0 Å². The van der Waals surface area contributed by atoms with Gasteiger partial charge < -0.3 is 4.74 Å². The van der Waals surface area contributed by atoms with Crippen molar-refractivity contribution >= 4 is 54.8 Å². The highest BCUT2D eigenvalue weighted by Crippen LogP contribution is 2.38. The van der Waals surface area contributed by atoms with Crippen molar-refractivity contribution in [2.24, 2.45) is 0 Å². The molecule has 0 saturated carbocycles. The Morgan fingerprint density at radius 2 is 1.62 bits per heavy atom. The van der Waals surface area contributed by atoms with E-state index in [4.69, 9.17) is 0 Å². The van der Waals surface area contributed by atoms with Gasteiger partial charge in [0.1, 0.15) is 5.56 Å². The minimum Gasteiger partial charge on any atom is -0.480 e. The average molecular weight is 576 g/mol. The number of halogens is 7. The monoisotopic (exact) mass is 576 g/mol. The van der Waals surface area contributed by atoms with Crippen LogP contribution in [0, 0.1) is 2.88 Å². The van der Waals surface area contributed by atoms with Crippen molar-refractivity contribution < 1.29 is 44.3 Å². The van der Waals surface area contributed by atoms with E-state index in [9.17, 15) is 39.6 Å². The highest BCUT2D eigenvalue weighted by atomic mass is 127. The maximum Gasteiger partial charge on any atom is 0.435 e. The molecule has 2 heterocycles. The van der Waals surface area contributed by atoms with Crippen LogP contribution in [0.2, 0.25) is 0 Å². The lowest BCUT2D eigenvalue weighted by molar-refractivity contribution is -0.142. The average Bonchev–Trinajstić information content (AvgIpc) is 2.92. The Bertz CT molecular complexity index is 1070. The van der Waals surface area contributed by atoms with Gasteiger partial charge in [-0.2, -0.15) is 31.3 Å². The Balaban J connectivity index is 2.60. The molecule has 1 N–H and O–H groups in total. The second-order valence-corrected chi connectivity index (χ2v) is 9.82. The summed E-state index contributed by atoms with van der Waals surface area (Å²) in [6.07, 6.45) is -9.61. The van der Waals surface area contributed by atoms with E-state index in [1.165, 1.54) is 22.6 Å². The number of amides is 1. The third-order valence-corrected chi connectivity index (χ3v) is 5.73. The number of rotatable bonds is 4. The highest BCUT2D eigenvalue weighted by Gasteiger charge is 2.42. The van der Waals surface area contributed by atoms with Crippen LogP contribution in [0.3, 0.4) is 0 Å². The van der Waals surface area contributed by atoms with Gasteiger partial charge in [-0.25, -0.2) is 18.4 Å². The van der Waals surface area contributed by atoms with Crippen molar-refractivity contribution in [2.75, 3.05) is 18.7 Å². The molecule has 0 radical (unpaired) electrons. The zero-order chi connectivity index (χ0) is 22.4. The van der Waals surface area contributed by atoms with Crippen molar-refractivity contribution in [3.63, 3.8) is 0 Å². The van der Waals surface area contributed by atoms with E-state index in [0.717, 1.165) is 7.11 Å². The minimum atomic E-state index is -5.31. The Morgan fingerprint density at radius 1 is 1.07 bits per heavy atom. The van der Waals surface area contributed by atoms with Crippen LogP contribution in [0.4, 0.5) is 31.5 Å². The highest BCUT2D eigenvalue weighted by molar-refractivity contribution is 14.1. The van der Waals surface area contributed by atoms with Gasteiger partial charge in [0, 0.05) is 6.26 Å². The van der Waals surface area contributed by atoms with E-state index < -0.39 is 61.2 Å². The van der Waals surface area contributed by atoms with Crippen molar-refractivity contribution in [3.05, 3.63) is 19.8 Å². The molecule has 0 aliphatic heterocycles. The van der Waals surface area contributed by atoms with Gasteiger partial charge in [-0.05, 0) is 22.6 Å². The summed E-state index contributed by atoms with van der Waals surface area (Å²) in [5.41, 5.74) is -4.58. The smallest absolute Gasteiger partial charge is 0.435 e. The standard InChI is InChI=1S/C12H7F6IN4O4S2/c1-27-8-3(4(11(13,14)15)21-10(23-8)29(2,25)26)7(24)22-9-20-5(6(19)28-9)12(16,17)18/h1-2H3,(H,20,22,24). The number of nitrogens with one attached hydrogen (secondary N) is 1. The van der Waals surface area contributed by atoms with Crippen molar-refractivity contribution in [2.45, 2.75) is 17.5 Å². The van der Waals surface area contributed by atoms with Crippen LogP contribution in [0.25, 0.3) is 0 Å². The number of thiazole rings is 1. The van der Waals surface area contributed by atoms with Crippen molar-refractivity contribution in [3.8, 4) is 5.88 Å². The number of hydrogen-bond acceptors (Lipinski definition) is 8. The molecule has 0 aromatic carbocycles. The second-order valence-electron chi connectivity index (χ2n) is 5.10. The molecule has 0 aliphatic carbocycles. The number of ether oxygens (including phenoxy) is 1. The summed E-state index contributed by atoms with van der Waals surface area (Å²) in [5.74, 6) is -2.62. The summed E-state index contributed by atoms with van der Waals surface area (Å²) >= 11 is 1.67. The number of alkyl halides is 6. The molecule has 0 atom stereocenters. The molecule has 0 aliphatic rings. The molecular formula is C12H7F6IN4O4S2. The zero-order valence-corrected chi connectivity index (χ0v) is 17.7. The van der Waals surface area contributed by atoms with E-state index in [1.807, 2.05) is 0 Å². The fourth-order valence-electron chi connectivity index (χ4n) is 1.83. The summed E-state index contributed by atoms with van der Waals surface area (Å²) in [6.45, 7) is 0. The molecule has 1 amide bonds. The first-order valence-corrected chi connectivity index (χ1v) is 10.6. The van der Waals surface area contributed by atoms with E-state index in [0.29, 0.717) is 17.6 Å². The predicted octanol–water partition coefficient (Wildman–Crippen LogP) is 3.24. The molecule has 8 nitrogen and oxygen atoms in total. The number of carbonyl (C=O) groups is 1. The molecular weight excluding hydrogens is 569 g/mol. The SMILES string of the molecule is COc1nc(S(C)(=O)=O)nc(C(F)(F)F)c1C(=O)Nc1nc(C(F)(F)F)c(I)s1. The van der Waals surface area contributed by atoms with Crippen LogP contribution in [0.1, 0.15) is 21.7 Å². The number of anilines is 1. The first kappa shape index (κ1) is 23.5. The number of hydrogen-bond donors (Lipinski definition) is 1. The lowest BCUT2D eigenvalue weighted by Gasteiger charge is -2.15. The summed E-state index contributed by atoms with van der Waals surface area (Å²) in [7, 11) is -3.49. The molecule has 2 aromatic rings. The number of aromatic nitrogens is 3. The second kappa shape index (κ2) is 7.82. The van der Waals surface area contributed by atoms with Gasteiger partial charge in [-0.3, -0.25) is 10.1 Å². The fraction of sp³-hybridized carbons (Fsp3) is 0.333. The van der Waals surface area contributed by atoms with Gasteiger partial charge in [0.05, 0.1) is 9.99 Å². The zero-order valence-electron chi connectivity index (χ0n) is 13.9. The van der Waals surface area contributed by atoms with Crippen LogP contribution in [-0.4, -0.2) is 42.6 Å². The fourth-order valence-corrected chi connectivity index (χ4v) is 4.10. The molecule has 29 heavy (non-hydrogen) atoms. The van der Waals surface area contributed by atoms with Crippen LogP contribution < -0.4 is 10.1 Å². The van der Waals surface area contributed by atoms with Gasteiger partial charge in [-0.1, -0.05) is 11.3 Å². The van der Waals surface area contributed by atoms with E-state index in [2.05, 4.69) is 19.7 Å². The van der Waals surface area contributed by atoms with Gasteiger partial charge in [0.15, 0.2) is 16.5 Å². The molecule has 17 heteroatoms. The van der Waals surface area contributed by atoms with Gasteiger partial charge in [-0.15, -0.1) is 0 Å². The first-order valence-electron chi connectivity index (χ1n) is 6.83. The van der Waals surface area contributed by atoms with E-state index in [1.54, 1.807) is 5.32 Å². The molecule has 0 saturated heterocycles. The maximum atomic E-state index is 13.4. The van der Waals surface area contributed by atoms with Gasteiger partial charge in [0.2, 0.25) is 15.7 Å². The summed E-state index contributed by atoms with van der Waals surface area (Å²) in [4.78, 5) is 21.7. The molecule has 160 valence electrons. The first-order chi connectivity index (χ1) is 13.1. The molecule has 0 fully saturated rings. The van der Waals surface area contributed by atoms with Crippen LogP contribution in [0.15, 0.2) is 5.16 Å². The lowest BCUT2D eigenvalue weighted by Crippen LogP contribution is -2.24. The molecule has 2 rings (SSSR count). The molecule has 0 spiro atoms. The minimum absolute atomic E-state index is 0.363. The lowest BCUT2D eigenvalue weighted by atomic mass is 10.2. The molecule has 0 bridgehead atoms. The van der Waals surface area contributed by atoms with Gasteiger partial charge >= 0.3 is 12.4 Å². The number of carbonyl (C=O) groups excluding carboxylic acids is 1. The number of nitrogens with zero attached hydrogens (tertiary/aromatic N) is 3. The van der Waals surface area contributed by atoms with Crippen molar-refractivity contribution in [1.29, 1.82) is 0 Å². The Morgan fingerprint density at radius 3 is 2.03 bits per heavy atom. The number of methoxy groups -OCH3 is 1. The third kappa shape index (κ3) is 5.24. The number of sulfone groups is 1. The quantitative estimate of drug-likeness (QED) is 0.338. The maximum absolute atomic E-state index is 13.4.